The molecule has 0 aromatic heterocycles. The van der Waals surface area contributed by atoms with Crippen LogP contribution in [0.2, 0.25) is 0 Å². The number of hydrogen-bond acceptors (Lipinski definition) is 6. The Morgan fingerprint density at radius 1 is 1.26 bits per heavy atom. The number of aliphatic imine (C=N–C) groups is 1. The molecule has 0 saturated carbocycles. The second kappa shape index (κ2) is 9.28. The molecule has 0 aliphatic carbocycles. The molecule has 2 rings (SSSR count). The molecule has 0 amide bonds. The number of thioether (sulfide) groups is 1. The molecule has 2 aromatic rings. The minimum atomic E-state index is -1.31. The maximum Gasteiger partial charge on any atom is 0.288 e. The molecule has 0 saturated heterocycles. The Balaban J connectivity index is 2.38. The Morgan fingerprint density at radius 3 is 2.63 bits per heavy atom. The van der Waals surface area contributed by atoms with Crippen LogP contribution in [0.25, 0.3) is 0 Å². The molecule has 0 aliphatic heterocycles. The van der Waals surface area contributed by atoms with Crippen LogP contribution in [0, 0.1) is 22.9 Å². The molecule has 0 radical (unpaired) electrons. The Hall–Kier alpha value is -2.72. The lowest BCUT2D eigenvalue weighted by molar-refractivity contribution is 0.305. The number of nitrogens with two attached hydrogens (primary N) is 1. The topological polar surface area (TPSA) is 104 Å². The van der Waals surface area contributed by atoms with E-state index in [1.165, 1.54) is 23.9 Å². The summed E-state index contributed by atoms with van der Waals surface area (Å²) in [7, 11) is 0. The predicted molar refractivity (Wildman–Crippen MR) is 99.3 cm³/mol. The minimum Gasteiger partial charge on any atom is -0.407 e. The lowest BCUT2D eigenvalue weighted by Gasteiger charge is -2.15. The Morgan fingerprint density at radius 2 is 2.00 bits per heavy atom. The van der Waals surface area contributed by atoms with Gasteiger partial charge in [-0.15, -0.1) is 11.8 Å². The molecule has 0 heterocycles. The largest absolute Gasteiger partial charge is 0.407 e. The number of benzene rings is 2. The highest BCUT2D eigenvalue weighted by Crippen LogP contribution is 2.30. The third-order valence-corrected chi connectivity index (χ3v) is 4.07. The van der Waals surface area contributed by atoms with Crippen LogP contribution in [0.1, 0.15) is 5.56 Å². The van der Waals surface area contributed by atoms with Gasteiger partial charge in [-0.25, -0.2) is 18.2 Å². The van der Waals surface area contributed by atoms with Gasteiger partial charge in [0.05, 0.1) is 30.1 Å². The van der Waals surface area contributed by atoms with Crippen molar-refractivity contribution in [3.05, 3.63) is 53.3 Å². The molecule has 0 atom stereocenters. The number of aliphatic hydroxyl groups is 1. The zero-order chi connectivity index (χ0) is 20.0. The number of ether oxygens (including phenoxy) is 1. The number of hydrogen-bond donors (Lipinski definition) is 4. The first kappa shape index (κ1) is 20.6. The van der Waals surface area contributed by atoms with Crippen LogP contribution in [0.4, 0.5) is 24.5 Å². The third kappa shape index (κ3) is 5.14. The molecule has 0 fully saturated rings. The minimum absolute atomic E-state index is 0.0466. The van der Waals surface area contributed by atoms with Crippen molar-refractivity contribution in [1.29, 1.82) is 5.41 Å². The molecule has 5 N–H and O–H groups in total. The van der Waals surface area contributed by atoms with Gasteiger partial charge < -0.3 is 20.9 Å². The molecular weight excluding hydrogens is 381 g/mol. The lowest BCUT2D eigenvalue weighted by atomic mass is 10.1. The number of halogens is 3. The van der Waals surface area contributed by atoms with Crippen molar-refractivity contribution in [3.8, 4) is 0 Å². The van der Waals surface area contributed by atoms with Crippen molar-refractivity contribution in [2.45, 2.75) is 4.90 Å². The van der Waals surface area contributed by atoms with Gasteiger partial charge in [0.2, 0.25) is 5.90 Å². The standard InChI is InChI=1S/C17H17F3N4O2S/c1-27-9-2-5-13(12(19)8-9)24-15-10(3-4-11(18)14(15)20)16(21)26-17(22)23-6-7-25/h2-5,8,21,24-25H,6-7H2,1H3,(H2,22,23). The molecule has 27 heavy (non-hydrogen) atoms. The van der Waals surface area contributed by atoms with Gasteiger partial charge in [-0.3, -0.25) is 5.41 Å². The summed E-state index contributed by atoms with van der Waals surface area (Å²) in [6.07, 6.45) is 1.77. The fourth-order valence-electron chi connectivity index (χ4n) is 2.07. The molecular formula is C17H17F3N4O2S. The summed E-state index contributed by atoms with van der Waals surface area (Å²) in [5, 5.41) is 19.1. The van der Waals surface area contributed by atoms with Gasteiger partial charge in [-0.1, -0.05) is 0 Å². The van der Waals surface area contributed by atoms with Crippen LogP contribution in [0.5, 0.6) is 0 Å². The summed E-state index contributed by atoms with van der Waals surface area (Å²) in [5.41, 5.74) is 4.68. The number of anilines is 2. The van der Waals surface area contributed by atoms with E-state index >= 15 is 0 Å². The number of nitrogens with zero attached hydrogens (tertiary/aromatic N) is 1. The van der Waals surface area contributed by atoms with Crippen molar-refractivity contribution < 1.29 is 23.0 Å². The average molecular weight is 398 g/mol. The monoisotopic (exact) mass is 398 g/mol. The molecule has 0 bridgehead atoms. The Bertz CT molecular complexity index is 877. The first-order valence-electron chi connectivity index (χ1n) is 7.63. The van der Waals surface area contributed by atoms with Gasteiger partial charge in [-0.05, 0) is 36.6 Å². The van der Waals surface area contributed by atoms with E-state index in [4.69, 9.17) is 21.0 Å². The summed E-state index contributed by atoms with van der Waals surface area (Å²) in [5.74, 6) is -3.79. The van der Waals surface area contributed by atoms with E-state index < -0.39 is 35.1 Å². The van der Waals surface area contributed by atoms with Crippen LogP contribution in [0.3, 0.4) is 0 Å². The zero-order valence-corrected chi connectivity index (χ0v) is 15.0. The van der Waals surface area contributed by atoms with E-state index in [9.17, 15) is 13.2 Å². The zero-order valence-electron chi connectivity index (χ0n) is 14.2. The highest BCUT2D eigenvalue weighted by atomic mass is 32.2. The maximum atomic E-state index is 14.3. The smallest absolute Gasteiger partial charge is 0.288 e. The first-order valence-corrected chi connectivity index (χ1v) is 8.86. The average Bonchev–Trinajstić information content (AvgIpc) is 2.65. The fourth-order valence-corrected chi connectivity index (χ4v) is 2.50. The number of aliphatic hydroxyl groups excluding tert-OH is 1. The number of rotatable bonds is 6. The van der Waals surface area contributed by atoms with Crippen LogP contribution in [0.15, 0.2) is 40.2 Å². The van der Waals surface area contributed by atoms with Gasteiger partial charge >= 0.3 is 0 Å². The highest BCUT2D eigenvalue weighted by molar-refractivity contribution is 7.98. The van der Waals surface area contributed by atoms with Crippen LogP contribution < -0.4 is 11.1 Å². The van der Waals surface area contributed by atoms with Gasteiger partial charge in [-0.2, -0.15) is 0 Å². The van der Waals surface area contributed by atoms with Gasteiger partial charge in [0.1, 0.15) is 5.82 Å². The normalized spacial score (nSPS) is 11.4. The maximum absolute atomic E-state index is 14.3. The second-order valence-corrected chi connectivity index (χ2v) is 6.01. The van der Waals surface area contributed by atoms with E-state index in [0.717, 1.165) is 12.1 Å². The quantitative estimate of drug-likeness (QED) is 0.340. The van der Waals surface area contributed by atoms with E-state index in [1.54, 1.807) is 12.3 Å². The predicted octanol–water partition coefficient (Wildman–Crippen LogP) is 3.22. The molecule has 144 valence electrons. The van der Waals surface area contributed by atoms with Gasteiger partial charge in [0, 0.05) is 4.90 Å². The molecule has 6 nitrogen and oxygen atoms in total. The summed E-state index contributed by atoms with van der Waals surface area (Å²) in [6, 6.07) is 5.69. The Labute approximate surface area is 157 Å². The van der Waals surface area contributed by atoms with Crippen molar-refractivity contribution in [1.82, 2.24) is 0 Å². The van der Waals surface area contributed by atoms with Crippen molar-refractivity contribution >= 4 is 35.1 Å². The molecule has 10 heteroatoms. The summed E-state index contributed by atoms with van der Waals surface area (Å²) in [4.78, 5) is 4.28. The lowest BCUT2D eigenvalue weighted by Crippen LogP contribution is -2.22. The van der Waals surface area contributed by atoms with E-state index in [1.807, 2.05) is 0 Å². The Kier molecular flexibility index (Phi) is 7.08. The SMILES string of the molecule is CSc1ccc(Nc2c(C(=N)OC(N)=NCCO)ccc(F)c2F)c(F)c1. The third-order valence-electron chi connectivity index (χ3n) is 3.35. The van der Waals surface area contributed by atoms with E-state index in [0.29, 0.717) is 4.90 Å². The van der Waals surface area contributed by atoms with Crippen molar-refractivity contribution in [3.63, 3.8) is 0 Å². The van der Waals surface area contributed by atoms with Crippen molar-refractivity contribution in [2.75, 3.05) is 24.7 Å². The van der Waals surface area contributed by atoms with Crippen molar-refractivity contribution in [2.24, 2.45) is 10.7 Å². The van der Waals surface area contributed by atoms with Crippen LogP contribution in [-0.2, 0) is 4.74 Å². The first-order chi connectivity index (χ1) is 12.9. The number of amidine groups is 1. The van der Waals surface area contributed by atoms with Gasteiger partial charge in [0.15, 0.2) is 11.6 Å². The molecule has 0 unspecified atom stereocenters. The summed E-state index contributed by atoms with van der Waals surface area (Å²) in [6.45, 7) is -0.324. The van der Waals surface area contributed by atoms with E-state index in [-0.39, 0.29) is 24.4 Å². The van der Waals surface area contributed by atoms with Gasteiger partial charge in [0.25, 0.3) is 6.02 Å². The van der Waals surface area contributed by atoms with Crippen LogP contribution in [-0.4, -0.2) is 36.4 Å². The fraction of sp³-hybridized carbons (Fsp3) is 0.176. The van der Waals surface area contributed by atoms with E-state index in [2.05, 4.69) is 10.3 Å². The number of nitrogens with one attached hydrogen (secondary N) is 2. The second-order valence-electron chi connectivity index (χ2n) is 5.13. The summed E-state index contributed by atoms with van der Waals surface area (Å²) < 4.78 is 47.1. The highest BCUT2D eigenvalue weighted by Gasteiger charge is 2.20. The molecule has 0 aliphatic rings. The molecule has 2 aromatic carbocycles. The van der Waals surface area contributed by atoms with Crippen LogP contribution >= 0.6 is 11.8 Å². The molecule has 0 spiro atoms. The summed E-state index contributed by atoms with van der Waals surface area (Å²) >= 11 is 1.32.